The second kappa shape index (κ2) is 5.15. The van der Waals surface area contributed by atoms with E-state index < -0.39 is 0 Å². The molecule has 0 amide bonds. The van der Waals surface area contributed by atoms with Crippen LogP contribution in [0.4, 0.5) is 0 Å². The van der Waals surface area contributed by atoms with E-state index in [9.17, 15) is 0 Å². The Morgan fingerprint density at radius 2 is 2.12 bits per heavy atom. The van der Waals surface area contributed by atoms with Gasteiger partial charge >= 0.3 is 0 Å². The van der Waals surface area contributed by atoms with Crippen molar-refractivity contribution < 1.29 is 4.42 Å². The molecule has 0 spiro atoms. The molecular weight excluding hydrogens is 212 g/mol. The second-order valence-corrected chi connectivity index (χ2v) is 4.35. The molecule has 0 saturated heterocycles. The van der Waals surface area contributed by atoms with Crippen LogP contribution >= 0.6 is 0 Å². The SMILES string of the molecule is CNC(C)Cc1coc(-c2ccccc2C)n1. The topological polar surface area (TPSA) is 38.1 Å². The summed E-state index contributed by atoms with van der Waals surface area (Å²) in [6, 6.07) is 8.53. The average Bonchev–Trinajstić information content (AvgIpc) is 2.78. The third-order valence-electron chi connectivity index (χ3n) is 2.94. The van der Waals surface area contributed by atoms with Crippen molar-refractivity contribution in [2.45, 2.75) is 26.3 Å². The van der Waals surface area contributed by atoms with Crippen molar-refractivity contribution in [3.05, 3.63) is 41.8 Å². The summed E-state index contributed by atoms with van der Waals surface area (Å²) in [6.45, 7) is 4.19. The molecule has 0 fully saturated rings. The number of rotatable bonds is 4. The molecule has 1 unspecified atom stereocenters. The third kappa shape index (κ3) is 2.74. The van der Waals surface area contributed by atoms with Crippen LogP contribution in [0.25, 0.3) is 11.5 Å². The van der Waals surface area contributed by atoms with Gasteiger partial charge in [-0.2, -0.15) is 0 Å². The first kappa shape index (κ1) is 11.9. The fraction of sp³-hybridized carbons (Fsp3) is 0.357. The molecule has 0 saturated carbocycles. The highest BCUT2D eigenvalue weighted by Crippen LogP contribution is 2.22. The number of hydrogen-bond acceptors (Lipinski definition) is 3. The molecule has 0 radical (unpaired) electrons. The second-order valence-electron chi connectivity index (χ2n) is 4.35. The molecule has 1 heterocycles. The predicted molar refractivity (Wildman–Crippen MR) is 68.9 cm³/mol. The highest BCUT2D eigenvalue weighted by atomic mass is 16.3. The van der Waals surface area contributed by atoms with E-state index in [-0.39, 0.29) is 0 Å². The van der Waals surface area contributed by atoms with Gasteiger partial charge in [-0.1, -0.05) is 18.2 Å². The van der Waals surface area contributed by atoms with Gasteiger partial charge in [0.2, 0.25) is 5.89 Å². The lowest BCUT2D eigenvalue weighted by molar-refractivity contribution is 0.564. The minimum Gasteiger partial charge on any atom is -0.444 e. The highest BCUT2D eigenvalue weighted by Gasteiger charge is 2.10. The van der Waals surface area contributed by atoms with Crippen LogP contribution in [0.5, 0.6) is 0 Å². The van der Waals surface area contributed by atoms with E-state index in [0.29, 0.717) is 11.9 Å². The molecule has 1 aromatic heterocycles. The molecule has 0 aliphatic carbocycles. The molecule has 1 aromatic carbocycles. The summed E-state index contributed by atoms with van der Waals surface area (Å²) in [7, 11) is 1.95. The lowest BCUT2D eigenvalue weighted by Gasteiger charge is -2.05. The van der Waals surface area contributed by atoms with E-state index in [0.717, 1.165) is 17.7 Å². The van der Waals surface area contributed by atoms with Gasteiger partial charge in [-0.3, -0.25) is 0 Å². The first-order valence-electron chi connectivity index (χ1n) is 5.88. The Morgan fingerprint density at radius 1 is 1.35 bits per heavy atom. The number of benzene rings is 1. The van der Waals surface area contributed by atoms with Crippen molar-refractivity contribution >= 4 is 0 Å². The number of hydrogen-bond donors (Lipinski definition) is 1. The van der Waals surface area contributed by atoms with Crippen molar-refractivity contribution in [1.82, 2.24) is 10.3 Å². The number of nitrogens with one attached hydrogen (secondary N) is 1. The van der Waals surface area contributed by atoms with Crippen LogP contribution in [0.2, 0.25) is 0 Å². The molecule has 17 heavy (non-hydrogen) atoms. The maximum Gasteiger partial charge on any atom is 0.226 e. The molecule has 0 bridgehead atoms. The van der Waals surface area contributed by atoms with E-state index in [2.05, 4.69) is 30.2 Å². The van der Waals surface area contributed by atoms with Gasteiger partial charge in [0, 0.05) is 18.0 Å². The van der Waals surface area contributed by atoms with E-state index in [1.807, 2.05) is 25.2 Å². The van der Waals surface area contributed by atoms with E-state index in [4.69, 9.17) is 4.42 Å². The molecule has 3 nitrogen and oxygen atoms in total. The van der Waals surface area contributed by atoms with Gasteiger partial charge in [-0.15, -0.1) is 0 Å². The summed E-state index contributed by atoms with van der Waals surface area (Å²) >= 11 is 0. The van der Waals surface area contributed by atoms with Crippen LogP contribution in [-0.2, 0) is 6.42 Å². The highest BCUT2D eigenvalue weighted by molar-refractivity contribution is 5.58. The van der Waals surface area contributed by atoms with Gasteiger partial charge in [-0.25, -0.2) is 4.98 Å². The van der Waals surface area contributed by atoms with Gasteiger partial charge in [0.25, 0.3) is 0 Å². The van der Waals surface area contributed by atoms with E-state index >= 15 is 0 Å². The molecule has 0 aliphatic rings. The lowest BCUT2D eigenvalue weighted by atomic mass is 10.1. The van der Waals surface area contributed by atoms with Crippen LogP contribution in [0, 0.1) is 6.92 Å². The van der Waals surface area contributed by atoms with Crippen molar-refractivity contribution in [3.8, 4) is 11.5 Å². The van der Waals surface area contributed by atoms with Crippen molar-refractivity contribution in [2.75, 3.05) is 7.05 Å². The third-order valence-corrected chi connectivity index (χ3v) is 2.94. The Hall–Kier alpha value is -1.61. The molecule has 3 heteroatoms. The Balaban J connectivity index is 2.21. The molecule has 90 valence electrons. The molecule has 2 rings (SSSR count). The van der Waals surface area contributed by atoms with Crippen LogP contribution in [-0.4, -0.2) is 18.1 Å². The number of likely N-dealkylation sites (N-methyl/N-ethyl adjacent to an activating group) is 1. The minimum absolute atomic E-state index is 0.407. The van der Waals surface area contributed by atoms with Gasteiger partial charge in [0.15, 0.2) is 0 Å². The molecule has 1 atom stereocenters. The first-order valence-corrected chi connectivity index (χ1v) is 5.88. The van der Waals surface area contributed by atoms with Gasteiger partial charge in [0.05, 0.1) is 5.69 Å². The quantitative estimate of drug-likeness (QED) is 0.877. The average molecular weight is 230 g/mol. The Labute approximate surface area is 102 Å². The molecule has 2 aromatic rings. The number of oxazole rings is 1. The number of aromatic nitrogens is 1. The minimum atomic E-state index is 0.407. The smallest absolute Gasteiger partial charge is 0.226 e. The maximum absolute atomic E-state index is 5.54. The summed E-state index contributed by atoms with van der Waals surface area (Å²) in [5.74, 6) is 0.710. The number of aryl methyl sites for hydroxylation is 1. The molecular formula is C14H18N2O. The van der Waals surface area contributed by atoms with Crippen LogP contribution in [0.1, 0.15) is 18.2 Å². The van der Waals surface area contributed by atoms with Crippen LogP contribution < -0.4 is 5.32 Å². The Morgan fingerprint density at radius 3 is 2.82 bits per heavy atom. The Bertz CT molecular complexity index is 490. The fourth-order valence-corrected chi connectivity index (χ4v) is 1.75. The predicted octanol–water partition coefficient (Wildman–Crippen LogP) is 2.80. The zero-order valence-electron chi connectivity index (χ0n) is 10.5. The van der Waals surface area contributed by atoms with E-state index in [1.54, 1.807) is 6.26 Å². The number of nitrogens with zero attached hydrogens (tertiary/aromatic N) is 1. The van der Waals surface area contributed by atoms with Gasteiger partial charge < -0.3 is 9.73 Å². The standard InChI is InChI=1S/C14H18N2O/c1-10-6-4-5-7-13(10)14-16-12(9-17-14)8-11(2)15-3/h4-7,9,11,15H,8H2,1-3H3. The zero-order chi connectivity index (χ0) is 12.3. The van der Waals surface area contributed by atoms with Crippen molar-refractivity contribution in [2.24, 2.45) is 0 Å². The summed E-state index contributed by atoms with van der Waals surface area (Å²) in [5.41, 5.74) is 3.24. The van der Waals surface area contributed by atoms with Gasteiger partial charge in [0.1, 0.15) is 6.26 Å². The summed E-state index contributed by atoms with van der Waals surface area (Å²) in [4.78, 5) is 4.52. The van der Waals surface area contributed by atoms with Crippen molar-refractivity contribution in [3.63, 3.8) is 0 Å². The lowest BCUT2D eigenvalue weighted by Crippen LogP contribution is -2.23. The zero-order valence-corrected chi connectivity index (χ0v) is 10.5. The van der Waals surface area contributed by atoms with Crippen molar-refractivity contribution in [1.29, 1.82) is 0 Å². The van der Waals surface area contributed by atoms with Crippen LogP contribution in [0.3, 0.4) is 0 Å². The Kier molecular flexibility index (Phi) is 3.59. The maximum atomic E-state index is 5.54. The summed E-state index contributed by atoms with van der Waals surface area (Å²) in [6.07, 6.45) is 2.63. The van der Waals surface area contributed by atoms with E-state index in [1.165, 1.54) is 5.56 Å². The summed E-state index contributed by atoms with van der Waals surface area (Å²) < 4.78 is 5.54. The first-order chi connectivity index (χ1) is 8.20. The fourth-order valence-electron chi connectivity index (χ4n) is 1.75. The summed E-state index contributed by atoms with van der Waals surface area (Å²) in [5, 5.41) is 3.19. The monoisotopic (exact) mass is 230 g/mol. The van der Waals surface area contributed by atoms with Crippen LogP contribution in [0.15, 0.2) is 34.9 Å². The molecule has 1 N–H and O–H groups in total. The normalized spacial score (nSPS) is 12.6. The molecule has 0 aliphatic heterocycles. The largest absolute Gasteiger partial charge is 0.444 e. The van der Waals surface area contributed by atoms with Gasteiger partial charge in [-0.05, 0) is 32.5 Å².